The van der Waals surface area contributed by atoms with Gasteiger partial charge in [0.2, 0.25) is 15.8 Å². The zero-order valence-corrected chi connectivity index (χ0v) is 17.3. The Morgan fingerprint density at radius 2 is 1.82 bits per heavy atom. The van der Waals surface area contributed by atoms with Crippen LogP contribution in [0.1, 0.15) is 47.4 Å². The normalized spacial score (nSPS) is 11.9. The summed E-state index contributed by atoms with van der Waals surface area (Å²) in [6.45, 7) is 4.80. The van der Waals surface area contributed by atoms with Crippen molar-refractivity contribution in [1.29, 1.82) is 0 Å². The summed E-state index contributed by atoms with van der Waals surface area (Å²) in [7, 11) is -2.73. The Morgan fingerprint density at radius 3 is 2.43 bits per heavy atom. The summed E-state index contributed by atoms with van der Waals surface area (Å²) >= 11 is 6.00. The summed E-state index contributed by atoms with van der Waals surface area (Å²) in [5.41, 5.74) is -0.728. The van der Waals surface area contributed by atoms with Crippen LogP contribution in [0, 0.1) is 0 Å². The highest BCUT2D eigenvalue weighted by molar-refractivity contribution is 7.89. The zero-order valence-electron chi connectivity index (χ0n) is 15.7. The number of carbonyl (C=O) groups excluding carboxylic acids is 2. The maximum atomic E-state index is 12.5. The van der Waals surface area contributed by atoms with E-state index >= 15 is 0 Å². The largest absolute Gasteiger partial charge is 0.463 e. The summed E-state index contributed by atoms with van der Waals surface area (Å²) in [5, 5.41) is -0.0259. The van der Waals surface area contributed by atoms with Crippen molar-refractivity contribution in [3.05, 3.63) is 52.4 Å². The van der Waals surface area contributed by atoms with Gasteiger partial charge in [-0.1, -0.05) is 11.6 Å². The van der Waals surface area contributed by atoms with E-state index in [1.54, 1.807) is 20.8 Å². The first kappa shape index (κ1) is 21.9. The number of hydrogen-bond acceptors (Lipinski definition) is 7. The number of sulfonamides is 1. The molecule has 0 spiro atoms. The van der Waals surface area contributed by atoms with Crippen molar-refractivity contribution in [2.45, 2.75) is 37.8 Å². The number of hydrogen-bond donors (Lipinski definition) is 1. The predicted octanol–water partition coefficient (Wildman–Crippen LogP) is 3.15. The smallest absolute Gasteiger partial charge is 0.373 e. The van der Waals surface area contributed by atoms with Crippen molar-refractivity contribution >= 4 is 33.6 Å². The molecule has 152 valence electrons. The molecule has 8 nitrogen and oxygen atoms in total. The number of ether oxygens (including phenoxy) is 2. The Balaban J connectivity index is 2.16. The molecule has 0 aliphatic carbocycles. The number of methoxy groups -OCH3 is 1. The Bertz CT molecular complexity index is 990. The van der Waals surface area contributed by atoms with Crippen molar-refractivity contribution in [2.75, 3.05) is 7.11 Å². The molecule has 1 aromatic heterocycles. The molecule has 0 saturated carbocycles. The molecule has 2 rings (SSSR count). The average Bonchev–Trinajstić information content (AvgIpc) is 3.06. The molecular weight excluding hydrogens is 410 g/mol. The number of halogens is 1. The van der Waals surface area contributed by atoms with E-state index in [-0.39, 0.29) is 33.6 Å². The summed E-state index contributed by atoms with van der Waals surface area (Å²) < 4.78 is 42.3. The number of nitrogens with one attached hydrogen (secondary N) is 1. The van der Waals surface area contributed by atoms with Crippen molar-refractivity contribution in [2.24, 2.45) is 0 Å². The van der Waals surface area contributed by atoms with Gasteiger partial charge < -0.3 is 13.9 Å². The van der Waals surface area contributed by atoms with Crippen molar-refractivity contribution in [3.8, 4) is 0 Å². The van der Waals surface area contributed by atoms with Gasteiger partial charge in [-0.2, -0.15) is 0 Å². The monoisotopic (exact) mass is 429 g/mol. The van der Waals surface area contributed by atoms with Gasteiger partial charge in [0.1, 0.15) is 17.3 Å². The van der Waals surface area contributed by atoms with Gasteiger partial charge >= 0.3 is 11.9 Å². The third-order valence-electron chi connectivity index (χ3n) is 3.29. The van der Waals surface area contributed by atoms with E-state index in [0.717, 1.165) is 6.07 Å². The number of furan rings is 1. The second-order valence-corrected chi connectivity index (χ2v) is 8.89. The van der Waals surface area contributed by atoms with Crippen molar-refractivity contribution < 1.29 is 31.9 Å². The molecule has 0 aliphatic rings. The SMILES string of the molecule is COC(=O)c1ccc(COC(=O)c2ccc(Cl)c(S(=O)(=O)NC(C)(C)C)c2)o1. The lowest BCUT2D eigenvalue weighted by Crippen LogP contribution is -2.40. The van der Waals surface area contributed by atoms with Gasteiger partial charge in [0.25, 0.3) is 0 Å². The van der Waals surface area contributed by atoms with E-state index in [4.69, 9.17) is 20.8 Å². The molecule has 0 radical (unpaired) electrons. The summed E-state index contributed by atoms with van der Waals surface area (Å²) in [4.78, 5) is 23.4. The maximum Gasteiger partial charge on any atom is 0.373 e. The van der Waals surface area contributed by atoms with Gasteiger partial charge in [0.05, 0.1) is 17.7 Å². The van der Waals surface area contributed by atoms with E-state index in [1.165, 1.54) is 31.4 Å². The van der Waals surface area contributed by atoms with Crippen LogP contribution in [-0.2, 0) is 26.1 Å². The van der Waals surface area contributed by atoms with Gasteiger partial charge in [-0.3, -0.25) is 0 Å². The molecule has 0 aliphatic heterocycles. The second kappa shape index (κ2) is 8.34. The first-order chi connectivity index (χ1) is 12.9. The molecule has 1 aromatic carbocycles. The van der Waals surface area contributed by atoms with Gasteiger partial charge in [0, 0.05) is 5.54 Å². The highest BCUT2D eigenvalue weighted by Gasteiger charge is 2.25. The minimum Gasteiger partial charge on any atom is -0.463 e. The Labute approximate surface area is 167 Å². The van der Waals surface area contributed by atoms with Gasteiger partial charge in [-0.25, -0.2) is 22.7 Å². The van der Waals surface area contributed by atoms with E-state index in [9.17, 15) is 18.0 Å². The number of benzene rings is 1. The minimum absolute atomic E-state index is 0.00145. The van der Waals surface area contributed by atoms with E-state index < -0.39 is 27.5 Å². The van der Waals surface area contributed by atoms with Crippen LogP contribution in [0.15, 0.2) is 39.6 Å². The van der Waals surface area contributed by atoms with E-state index in [2.05, 4.69) is 9.46 Å². The molecule has 0 unspecified atom stereocenters. The Morgan fingerprint density at radius 1 is 1.14 bits per heavy atom. The van der Waals surface area contributed by atoms with E-state index in [1.807, 2.05) is 0 Å². The zero-order chi connectivity index (χ0) is 21.1. The van der Waals surface area contributed by atoms with Gasteiger partial charge in [-0.15, -0.1) is 0 Å². The highest BCUT2D eigenvalue weighted by Crippen LogP contribution is 2.24. The van der Waals surface area contributed by atoms with Crippen LogP contribution >= 0.6 is 11.6 Å². The quantitative estimate of drug-likeness (QED) is 0.702. The standard InChI is InChI=1S/C18H20ClNO7S/c1-18(2,3)20-28(23,24)15-9-11(5-7-13(15)19)16(21)26-10-12-6-8-14(27-12)17(22)25-4/h5-9,20H,10H2,1-4H3. The Kier molecular flexibility index (Phi) is 6.53. The van der Waals surface area contributed by atoms with Crippen LogP contribution in [0.25, 0.3) is 0 Å². The third kappa shape index (κ3) is 5.57. The Hall–Kier alpha value is -2.36. The van der Waals surface area contributed by atoms with Crippen LogP contribution in [0.3, 0.4) is 0 Å². The van der Waals surface area contributed by atoms with E-state index in [0.29, 0.717) is 0 Å². The molecule has 1 N–H and O–H groups in total. The minimum atomic E-state index is -3.94. The van der Waals surface area contributed by atoms with Crippen LogP contribution in [0.4, 0.5) is 0 Å². The molecule has 0 saturated heterocycles. The number of carbonyl (C=O) groups is 2. The van der Waals surface area contributed by atoms with Crippen LogP contribution < -0.4 is 4.72 Å². The summed E-state index contributed by atoms with van der Waals surface area (Å²) in [6, 6.07) is 6.64. The molecular formula is C18H20ClNO7S. The lowest BCUT2D eigenvalue weighted by Gasteiger charge is -2.21. The fourth-order valence-electron chi connectivity index (χ4n) is 2.18. The van der Waals surface area contributed by atoms with Crippen LogP contribution in [-0.4, -0.2) is 33.0 Å². The predicted molar refractivity (Wildman–Crippen MR) is 101 cm³/mol. The molecule has 10 heteroatoms. The molecule has 0 bridgehead atoms. The first-order valence-electron chi connectivity index (χ1n) is 8.10. The first-order valence-corrected chi connectivity index (χ1v) is 9.97. The average molecular weight is 430 g/mol. The third-order valence-corrected chi connectivity index (χ3v) is 5.53. The van der Waals surface area contributed by atoms with Crippen molar-refractivity contribution in [1.82, 2.24) is 4.72 Å². The fraction of sp³-hybridized carbons (Fsp3) is 0.333. The summed E-state index contributed by atoms with van der Waals surface area (Å²) in [6.07, 6.45) is 0. The van der Waals surface area contributed by atoms with Crippen molar-refractivity contribution in [3.63, 3.8) is 0 Å². The lowest BCUT2D eigenvalue weighted by molar-refractivity contribution is 0.0438. The molecule has 0 amide bonds. The molecule has 1 heterocycles. The molecule has 28 heavy (non-hydrogen) atoms. The molecule has 0 fully saturated rings. The van der Waals surface area contributed by atoms with Gasteiger partial charge in [0.15, 0.2) is 0 Å². The topological polar surface area (TPSA) is 112 Å². The molecule has 0 atom stereocenters. The number of rotatable bonds is 6. The lowest BCUT2D eigenvalue weighted by atomic mass is 10.1. The highest BCUT2D eigenvalue weighted by atomic mass is 35.5. The number of esters is 2. The van der Waals surface area contributed by atoms with Crippen LogP contribution in [0.5, 0.6) is 0 Å². The fourth-order valence-corrected chi connectivity index (χ4v) is 4.13. The molecule has 2 aromatic rings. The maximum absolute atomic E-state index is 12.5. The van der Waals surface area contributed by atoms with Crippen LogP contribution in [0.2, 0.25) is 5.02 Å². The second-order valence-electron chi connectivity index (χ2n) is 6.83. The van der Waals surface area contributed by atoms with Gasteiger partial charge in [-0.05, 0) is 51.1 Å². The summed E-state index contributed by atoms with van der Waals surface area (Å²) in [5.74, 6) is -1.23.